The van der Waals surface area contributed by atoms with Crippen LogP contribution in [0.25, 0.3) is 0 Å². The van der Waals surface area contributed by atoms with Crippen LogP contribution in [-0.4, -0.2) is 91.8 Å². The lowest BCUT2D eigenvalue weighted by Gasteiger charge is -2.47. The molecule has 240 valence electrons. The molecule has 2 heterocycles. The number of cyclic esters (lactones) is 1. The minimum Gasteiger partial charge on any atom is -0.459 e. The lowest BCUT2D eigenvalue weighted by molar-refractivity contribution is -0.289. The summed E-state index contributed by atoms with van der Waals surface area (Å²) in [4.78, 5) is 55.0. The molecule has 10 nitrogen and oxygen atoms in total. The van der Waals surface area contributed by atoms with Crippen molar-refractivity contribution in [2.45, 2.75) is 124 Å². The van der Waals surface area contributed by atoms with Crippen molar-refractivity contribution < 1.29 is 38.1 Å². The standard InChI is InChI=1S/C32H54N2O8/c1-17-15-31(8,9)28(42-30-27(39-13)24(34(11)12)14-19(3)40-30)20(4)26(37)21(5)29(38)41-22(6)32(10,33-23(7)35)16-18(2)25(17)36/h16-17,19-22,24,27-28,30H,14-15H2,1-13H3,(H,33,35)/b18-16+/t17?,19-,20+,21-,22-,24?,27?,28?,30?,32?/m1/s1. The van der Waals surface area contributed by atoms with Crippen LogP contribution in [0.2, 0.25) is 0 Å². The molecule has 0 saturated carbocycles. The number of carbonyl (C=O) groups excluding carboxylic acids is 4. The molecule has 0 radical (unpaired) electrons. The van der Waals surface area contributed by atoms with E-state index >= 15 is 0 Å². The van der Waals surface area contributed by atoms with Crippen molar-refractivity contribution >= 4 is 23.4 Å². The van der Waals surface area contributed by atoms with E-state index in [0.717, 1.165) is 6.42 Å². The minimum absolute atomic E-state index is 0.0259. The van der Waals surface area contributed by atoms with Crippen LogP contribution in [0.5, 0.6) is 0 Å². The topological polar surface area (TPSA) is 120 Å². The van der Waals surface area contributed by atoms with Crippen LogP contribution >= 0.6 is 0 Å². The Labute approximate surface area is 252 Å². The molecule has 2 rings (SSSR count). The van der Waals surface area contributed by atoms with E-state index < -0.39 is 59.3 Å². The van der Waals surface area contributed by atoms with Gasteiger partial charge < -0.3 is 29.2 Å². The van der Waals surface area contributed by atoms with Gasteiger partial charge >= 0.3 is 5.97 Å². The molecule has 10 atom stereocenters. The maximum Gasteiger partial charge on any atom is 0.316 e. The molecule has 1 amide bonds. The molecule has 1 fully saturated rings. The smallest absolute Gasteiger partial charge is 0.316 e. The van der Waals surface area contributed by atoms with E-state index in [4.69, 9.17) is 18.9 Å². The van der Waals surface area contributed by atoms with Crippen molar-refractivity contribution in [3.63, 3.8) is 0 Å². The Hall–Kier alpha value is -2.14. The highest BCUT2D eigenvalue weighted by Crippen LogP contribution is 2.40. The number of ether oxygens (including phenoxy) is 4. The number of likely N-dealkylation sites (N-methyl/N-ethyl adjacent to an activating group) is 1. The van der Waals surface area contributed by atoms with Crippen LogP contribution in [0.3, 0.4) is 0 Å². The number of carbonyl (C=O) groups is 4. The van der Waals surface area contributed by atoms with Gasteiger partial charge in [-0.1, -0.05) is 27.7 Å². The Balaban J connectivity index is 2.61. The number of esters is 1. The van der Waals surface area contributed by atoms with Crippen molar-refractivity contribution in [3.8, 4) is 0 Å². The number of ketones is 2. The number of amides is 1. The van der Waals surface area contributed by atoms with Crippen LogP contribution in [0.15, 0.2) is 11.6 Å². The molecule has 0 aromatic carbocycles. The molecule has 0 aliphatic carbocycles. The third kappa shape index (κ3) is 8.27. The van der Waals surface area contributed by atoms with Crippen LogP contribution in [0.1, 0.15) is 82.1 Å². The first-order valence-electron chi connectivity index (χ1n) is 15.0. The van der Waals surface area contributed by atoms with Crippen molar-refractivity contribution in [2.24, 2.45) is 23.2 Å². The van der Waals surface area contributed by atoms with Crippen molar-refractivity contribution in [1.82, 2.24) is 10.2 Å². The summed E-state index contributed by atoms with van der Waals surface area (Å²) in [6.45, 7) is 17.5. The molecule has 0 aromatic heterocycles. The summed E-state index contributed by atoms with van der Waals surface area (Å²) in [6.07, 6.45) is -0.0470. The first kappa shape index (κ1) is 36.1. The van der Waals surface area contributed by atoms with Gasteiger partial charge in [0.15, 0.2) is 17.9 Å². The van der Waals surface area contributed by atoms with Gasteiger partial charge in [-0.3, -0.25) is 19.2 Å². The fourth-order valence-electron chi connectivity index (χ4n) is 6.62. The number of nitrogens with one attached hydrogen (secondary N) is 1. The van der Waals surface area contributed by atoms with Crippen molar-refractivity contribution in [3.05, 3.63) is 11.6 Å². The quantitative estimate of drug-likeness (QED) is 0.375. The molecule has 2 aliphatic heterocycles. The van der Waals surface area contributed by atoms with Crippen LogP contribution in [0.4, 0.5) is 0 Å². The second-order valence-electron chi connectivity index (χ2n) is 13.6. The normalized spacial score (nSPS) is 40.1. The molecule has 42 heavy (non-hydrogen) atoms. The first-order chi connectivity index (χ1) is 19.2. The fourth-order valence-corrected chi connectivity index (χ4v) is 6.62. The van der Waals surface area contributed by atoms with Gasteiger partial charge in [-0.25, -0.2) is 0 Å². The van der Waals surface area contributed by atoms with Crippen LogP contribution < -0.4 is 5.32 Å². The monoisotopic (exact) mass is 594 g/mol. The SMILES string of the molecule is COC1C(OC2[C@@H](C)C(=O)[C@@H](C)C(=O)O[C@H](C)C(C)(NC(C)=O)/C=C(\C)C(=O)C(C)CC2(C)C)O[C@H](C)CC1N(C)C. The molecule has 0 bridgehead atoms. The molecule has 1 saturated heterocycles. The average molecular weight is 595 g/mol. The summed E-state index contributed by atoms with van der Waals surface area (Å²) in [5.74, 6) is -3.74. The number of methoxy groups -OCH3 is 1. The highest BCUT2D eigenvalue weighted by Gasteiger charge is 2.48. The van der Waals surface area contributed by atoms with Gasteiger partial charge in [0.1, 0.15) is 18.1 Å². The van der Waals surface area contributed by atoms with E-state index in [0.29, 0.717) is 12.0 Å². The van der Waals surface area contributed by atoms with Crippen molar-refractivity contribution in [1.29, 1.82) is 0 Å². The van der Waals surface area contributed by atoms with Gasteiger partial charge in [-0.15, -0.1) is 0 Å². The largest absolute Gasteiger partial charge is 0.459 e. The Bertz CT molecular complexity index is 1040. The van der Waals surface area contributed by atoms with E-state index in [9.17, 15) is 19.2 Å². The van der Waals surface area contributed by atoms with E-state index in [1.165, 1.54) is 13.8 Å². The Morgan fingerprint density at radius 1 is 1.07 bits per heavy atom. The molecule has 0 aromatic rings. The summed E-state index contributed by atoms with van der Waals surface area (Å²) in [5.41, 5.74) is -1.40. The maximum atomic E-state index is 13.9. The number of nitrogens with zero attached hydrogens (tertiary/aromatic N) is 1. The predicted molar refractivity (Wildman–Crippen MR) is 160 cm³/mol. The molecule has 1 N–H and O–H groups in total. The molecule has 2 aliphatic rings. The van der Waals surface area contributed by atoms with Gasteiger partial charge in [-0.2, -0.15) is 0 Å². The first-order valence-corrected chi connectivity index (χ1v) is 15.0. The maximum absolute atomic E-state index is 13.9. The van der Waals surface area contributed by atoms with Gasteiger partial charge in [0.05, 0.1) is 17.7 Å². The lowest BCUT2D eigenvalue weighted by Crippen LogP contribution is -2.58. The fraction of sp³-hybridized carbons (Fsp3) is 0.812. The lowest BCUT2D eigenvalue weighted by atomic mass is 9.71. The van der Waals surface area contributed by atoms with E-state index in [-0.39, 0.29) is 29.6 Å². The summed E-state index contributed by atoms with van der Waals surface area (Å²) >= 11 is 0. The van der Waals surface area contributed by atoms with Gasteiger partial charge in [-0.05, 0) is 78.6 Å². The molecule has 10 heteroatoms. The number of hydrogen-bond donors (Lipinski definition) is 1. The van der Waals surface area contributed by atoms with Crippen molar-refractivity contribution in [2.75, 3.05) is 21.2 Å². The number of hydrogen-bond acceptors (Lipinski definition) is 9. The number of Topliss-reactive ketones (excluding diaryl/α,β-unsaturated/α-hetero) is 2. The average Bonchev–Trinajstić information content (AvgIpc) is 2.87. The third-order valence-electron chi connectivity index (χ3n) is 9.02. The summed E-state index contributed by atoms with van der Waals surface area (Å²) < 4.78 is 24.6. The summed E-state index contributed by atoms with van der Waals surface area (Å²) in [6, 6.07) is 0.0259. The van der Waals surface area contributed by atoms with Crippen LogP contribution in [0, 0.1) is 23.2 Å². The van der Waals surface area contributed by atoms with E-state index in [1.807, 2.05) is 41.8 Å². The highest BCUT2D eigenvalue weighted by atomic mass is 16.7. The molecular formula is C32H54N2O8. The second-order valence-corrected chi connectivity index (χ2v) is 13.6. The summed E-state index contributed by atoms with van der Waals surface area (Å²) in [5, 5.41) is 2.82. The highest BCUT2D eigenvalue weighted by molar-refractivity contribution is 6.00. The zero-order valence-corrected chi connectivity index (χ0v) is 27.9. The van der Waals surface area contributed by atoms with Gasteiger partial charge in [0.25, 0.3) is 0 Å². The third-order valence-corrected chi connectivity index (χ3v) is 9.02. The molecule has 0 spiro atoms. The van der Waals surface area contributed by atoms with Gasteiger partial charge in [0, 0.05) is 31.9 Å². The zero-order valence-electron chi connectivity index (χ0n) is 27.9. The van der Waals surface area contributed by atoms with E-state index in [2.05, 4.69) is 10.2 Å². The molecule has 6 unspecified atom stereocenters. The van der Waals surface area contributed by atoms with Gasteiger partial charge in [0.2, 0.25) is 5.91 Å². The summed E-state index contributed by atoms with van der Waals surface area (Å²) in [7, 11) is 5.59. The number of rotatable bonds is 5. The Morgan fingerprint density at radius 2 is 1.67 bits per heavy atom. The Morgan fingerprint density at radius 3 is 2.19 bits per heavy atom. The van der Waals surface area contributed by atoms with Crippen LogP contribution in [-0.2, 0) is 38.1 Å². The Kier molecular flexibility index (Phi) is 12.1. The predicted octanol–water partition coefficient (Wildman–Crippen LogP) is 3.70. The molecular weight excluding hydrogens is 540 g/mol. The number of allylic oxidation sites excluding steroid dienone is 1. The second kappa shape index (κ2) is 14.1. The van der Waals surface area contributed by atoms with E-state index in [1.54, 1.807) is 40.9 Å². The minimum atomic E-state index is -1.16. The zero-order chi connectivity index (χ0) is 32.3.